The van der Waals surface area contributed by atoms with Crippen LogP contribution in [0.15, 0.2) is 47.4 Å². The molecule has 0 aromatic heterocycles. The summed E-state index contributed by atoms with van der Waals surface area (Å²) in [5.41, 5.74) is 0.843. The second kappa shape index (κ2) is 9.43. The molecule has 2 amide bonds. The minimum Gasteiger partial charge on any atom is -0.495 e. The maximum absolute atomic E-state index is 13.3. The van der Waals surface area contributed by atoms with Gasteiger partial charge in [0.25, 0.3) is 10.0 Å². The molecule has 4 rings (SSSR count). The maximum atomic E-state index is 13.3. The van der Waals surface area contributed by atoms with Crippen LogP contribution in [0.4, 0.5) is 5.69 Å². The molecule has 8 nitrogen and oxygen atoms in total. The Balaban J connectivity index is 1.62. The minimum absolute atomic E-state index is 0.0344. The van der Waals surface area contributed by atoms with Crippen molar-refractivity contribution in [3.05, 3.63) is 48.0 Å². The number of anilines is 1. The molecule has 2 fully saturated rings. The second-order valence-electron chi connectivity index (χ2n) is 8.28. The van der Waals surface area contributed by atoms with Gasteiger partial charge in [-0.25, -0.2) is 8.42 Å². The molecule has 2 atom stereocenters. The molecule has 2 unspecified atom stereocenters. The lowest BCUT2D eigenvalue weighted by molar-refractivity contribution is -0.140. The molecule has 1 saturated heterocycles. The van der Waals surface area contributed by atoms with Crippen molar-refractivity contribution in [1.82, 2.24) is 4.90 Å². The predicted octanol–water partition coefficient (Wildman–Crippen LogP) is 3.57. The third-order valence-corrected chi connectivity index (χ3v) is 7.61. The number of carbonyl (C=O) groups is 2. The van der Waals surface area contributed by atoms with Gasteiger partial charge in [-0.05, 0) is 49.6 Å². The van der Waals surface area contributed by atoms with Crippen LogP contribution in [-0.4, -0.2) is 38.8 Å². The molecule has 9 heteroatoms. The topological polar surface area (TPSA) is 102 Å². The third kappa shape index (κ3) is 4.55. The first-order valence-electron chi connectivity index (χ1n) is 11.1. The molecule has 1 N–H and O–H groups in total. The number of likely N-dealkylation sites (tertiary alicyclic amines) is 1. The number of imide groups is 1. The third-order valence-electron chi connectivity index (χ3n) is 6.22. The van der Waals surface area contributed by atoms with Crippen molar-refractivity contribution in [2.45, 2.75) is 44.0 Å². The lowest BCUT2D eigenvalue weighted by Crippen LogP contribution is -2.30. The van der Waals surface area contributed by atoms with Crippen LogP contribution >= 0.6 is 0 Å². The van der Waals surface area contributed by atoms with E-state index in [-0.39, 0.29) is 40.8 Å². The molecular formula is C24H28N2O6S. The molecule has 1 aliphatic carbocycles. The summed E-state index contributed by atoms with van der Waals surface area (Å²) in [7, 11) is -2.66. The number of nitrogens with one attached hydrogen (secondary N) is 1. The number of nitrogens with zero attached hydrogens (tertiary/aromatic N) is 1. The van der Waals surface area contributed by atoms with Gasteiger partial charge in [-0.2, -0.15) is 0 Å². The van der Waals surface area contributed by atoms with Crippen molar-refractivity contribution in [1.29, 1.82) is 0 Å². The van der Waals surface area contributed by atoms with E-state index in [4.69, 9.17) is 9.47 Å². The Labute approximate surface area is 193 Å². The molecule has 0 bridgehead atoms. The molecule has 2 aliphatic rings. The molecule has 1 heterocycles. The number of hydrogen-bond acceptors (Lipinski definition) is 6. The molecule has 33 heavy (non-hydrogen) atoms. The van der Waals surface area contributed by atoms with E-state index in [1.54, 1.807) is 30.3 Å². The maximum Gasteiger partial charge on any atom is 0.265 e. The molecule has 1 aliphatic heterocycles. The SMILES string of the molecule is CCOc1ccccc1NS(=O)(=O)c1cc(CN2C(=O)C3CCCCC3C2=O)ccc1OC. The molecule has 176 valence electrons. The van der Waals surface area contributed by atoms with Crippen LogP contribution in [0.3, 0.4) is 0 Å². The smallest absolute Gasteiger partial charge is 0.265 e. The number of para-hydroxylation sites is 2. The van der Waals surface area contributed by atoms with Gasteiger partial charge in [-0.1, -0.05) is 31.0 Å². The number of carbonyl (C=O) groups excluding carboxylic acids is 2. The van der Waals surface area contributed by atoms with Crippen molar-refractivity contribution >= 4 is 27.5 Å². The van der Waals surface area contributed by atoms with Crippen molar-refractivity contribution in [2.75, 3.05) is 18.4 Å². The first kappa shape index (κ1) is 23.1. The molecule has 1 saturated carbocycles. The van der Waals surface area contributed by atoms with Gasteiger partial charge < -0.3 is 9.47 Å². The van der Waals surface area contributed by atoms with E-state index in [9.17, 15) is 18.0 Å². The first-order chi connectivity index (χ1) is 15.9. The van der Waals surface area contributed by atoms with E-state index in [0.717, 1.165) is 25.7 Å². The van der Waals surface area contributed by atoms with E-state index in [1.165, 1.54) is 24.1 Å². The summed E-state index contributed by atoms with van der Waals surface area (Å²) in [6, 6.07) is 11.4. The summed E-state index contributed by atoms with van der Waals surface area (Å²) >= 11 is 0. The minimum atomic E-state index is -4.04. The van der Waals surface area contributed by atoms with Crippen LogP contribution in [0, 0.1) is 11.8 Å². The van der Waals surface area contributed by atoms with Crippen LogP contribution < -0.4 is 14.2 Å². The number of fused-ring (bicyclic) bond motifs is 1. The van der Waals surface area contributed by atoms with Crippen LogP contribution in [0.2, 0.25) is 0 Å². The van der Waals surface area contributed by atoms with Gasteiger partial charge in [0.1, 0.15) is 16.4 Å². The highest BCUT2D eigenvalue weighted by atomic mass is 32.2. The Hall–Kier alpha value is -3.07. The fourth-order valence-corrected chi connectivity index (χ4v) is 5.92. The Bertz CT molecular complexity index is 1140. The molecule has 0 radical (unpaired) electrons. The summed E-state index contributed by atoms with van der Waals surface area (Å²) in [4.78, 5) is 26.9. The van der Waals surface area contributed by atoms with Crippen molar-refractivity contribution in [3.8, 4) is 11.5 Å². The summed E-state index contributed by atoms with van der Waals surface area (Å²) in [6.45, 7) is 2.24. The van der Waals surface area contributed by atoms with Gasteiger partial charge >= 0.3 is 0 Å². The summed E-state index contributed by atoms with van der Waals surface area (Å²) in [6.07, 6.45) is 3.37. The average molecular weight is 473 g/mol. The van der Waals surface area contributed by atoms with Crippen LogP contribution in [0.25, 0.3) is 0 Å². The predicted molar refractivity (Wildman–Crippen MR) is 122 cm³/mol. The highest BCUT2D eigenvalue weighted by molar-refractivity contribution is 7.92. The van der Waals surface area contributed by atoms with E-state index >= 15 is 0 Å². The van der Waals surface area contributed by atoms with Crippen LogP contribution in [0.1, 0.15) is 38.2 Å². The van der Waals surface area contributed by atoms with Crippen LogP contribution in [-0.2, 0) is 26.2 Å². The van der Waals surface area contributed by atoms with E-state index < -0.39 is 10.0 Å². The zero-order valence-corrected chi connectivity index (χ0v) is 19.6. The van der Waals surface area contributed by atoms with Gasteiger partial charge in [0.05, 0.1) is 37.8 Å². The molecule has 2 aromatic rings. The number of ether oxygens (including phenoxy) is 2. The lowest BCUT2D eigenvalue weighted by Gasteiger charge is -2.19. The fraction of sp³-hybridized carbons (Fsp3) is 0.417. The largest absolute Gasteiger partial charge is 0.495 e. The highest BCUT2D eigenvalue weighted by Gasteiger charge is 2.47. The van der Waals surface area contributed by atoms with E-state index in [0.29, 0.717) is 23.6 Å². The van der Waals surface area contributed by atoms with Gasteiger partial charge in [0.15, 0.2) is 0 Å². The zero-order valence-electron chi connectivity index (χ0n) is 18.7. The average Bonchev–Trinajstić information content (AvgIpc) is 3.05. The molecule has 2 aromatic carbocycles. The Morgan fingerprint density at radius 3 is 2.30 bits per heavy atom. The van der Waals surface area contributed by atoms with Crippen LogP contribution in [0.5, 0.6) is 11.5 Å². The quantitative estimate of drug-likeness (QED) is 0.590. The van der Waals surface area contributed by atoms with E-state index in [1.807, 2.05) is 6.92 Å². The fourth-order valence-electron chi connectivity index (χ4n) is 4.63. The number of benzene rings is 2. The van der Waals surface area contributed by atoms with Crippen molar-refractivity contribution < 1.29 is 27.5 Å². The second-order valence-corrected chi connectivity index (χ2v) is 9.93. The summed E-state index contributed by atoms with van der Waals surface area (Å²) in [5, 5.41) is 0. The summed E-state index contributed by atoms with van der Waals surface area (Å²) in [5.74, 6) is -0.237. The van der Waals surface area contributed by atoms with Crippen molar-refractivity contribution in [2.24, 2.45) is 11.8 Å². The number of amides is 2. The monoisotopic (exact) mass is 472 g/mol. The highest BCUT2D eigenvalue weighted by Crippen LogP contribution is 2.39. The zero-order chi connectivity index (χ0) is 23.6. The Morgan fingerprint density at radius 1 is 1.00 bits per heavy atom. The standard InChI is InChI=1S/C24H28N2O6S/c1-3-32-20-11-7-6-10-19(20)25-33(29,30)22-14-16(12-13-21(22)31-2)15-26-23(27)17-8-4-5-9-18(17)24(26)28/h6-7,10-14,17-18,25H,3-5,8-9,15H2,1-2H3. The van der Waals surface area contributed by atoms with Gasteiger partial charge in [0, 0.05) is 0 Å². The number of methoxy groups -OCH3 is 1. The molecular weight excluding hydrogens is 444 g/mol. The summed E-state index contributed by atoms with van der Waals surface area (Å²) < 4.78 is 39.9. The number of hydrogen-bond donors (Lipinski definition) is 1. The Kier molecular flexibility index (Phi) is 6.60. The first-order valence-corrected chi connectivity index (χ1v) is 12.6. The van der Waals surface area contributed by atoms with Gasteiger partial charge in [0.2, 0.25) is 11.8 Å². The number of rotatable bonds is 8. The normalized spacial score (nSPS) is 20.5. The molecule has 0 spiro atoms. The Morgan fingerprint density at radius 2 is 1.67 bits per heavy atom. The lowest BCUT2D eigenvalue weighted by atomic mass is 9.81. The van der Waals surface area contributed by atoms with Gasteiger partial charge in [-0.15, -0.1) is 0 Å². The number of sulfonamides is 1. The van der Waals surface area contributed by atoms with Crippen molar-refractivity contribution in [3.63, 3.8) is 0 Å². The van der Waals surface area contributed by atoms with Gasteiger partial charge in [-0.3, -0.25) is 19.2 Å². The van der Waals surface area contributed by atoms with E-state index in [2.05, 4.69) is 4.72 Å².